The maximum Gasteiger partial charge on any atom is 0.251 e. The molecule has 17 heavy (non-hydrogen) atoms. The first-order chi connectivity index (χ1) is 7.81. The number of pyridine rings is 1. The second kappa shape index (κ2) is 5.36. The molecular formula is C12H18ClN3O. The molecule has 0 fully saturated rings. The fourth-order valence-corrected chi connectivity index (χ4v) is 1.41. The zero-order valence-corrected chi connectivity index (χ0v) is 11.4. The summed E-state index contributed by atoms with van der Waals surface area (Å²) >= 11 is 5.83. The Hall–Kier alpha value is -1.29. The van der Waals surface area contributed by atoms with Gasteiger partial charge in [0.15, 0.2) is 0 Å². The number of anilines is 1. The summed E-state index contributed by atoms with van der Waals surface area (Å²) in [6.45, 7) is 6.80. The highest BCUT2D eigenvalue weighted by atomic mass is 35.5. The number of halogens is 1. The van der Waals surface area contributed by atoms with E-state index in [0.29, 0.717) is 23.1 Å². The zero-order chi connectivity index (χ0) is 13.1. The van der Waals surface area contributed by atoms with Crippen LogP contribution in [0, 0.1) is 5.41 Å². The van der Waals surface area contributed by atoms with Gasteiger partial charge in [0.05, 0.1) is 0 Å². The van der Waals surface area contributed by atoms with Crippen LogP contribution in [0.25, 0.3) is 0 Å². The second-order valence-electron chi connectivity index (χ2n) is 5.06. The molecule has 2 N–H and O–H groups in total. The summed E-state index contributed by atoms with van der Waals surface area (Å²) in [6.07, 6.45) is 0. The van der Waals surface area contributed by atoms with Crippen molar-refractivity contribution in [3.05, 3.63) is 22.8 Å². The third-order valence-electron chi connectivity index (χ3n) is 2.09. The Morgan fingerprint density at radius 2 is 2.06 bits per heavy atom. The van der Waals surface area contributed by atoms with E-state index in [2.05, 4.69) is 36.4 Å². The van der Waals surface area contributed by atoms with Gasteiger partial charge in [0.1, 0.15) is 11.0 Å². The highest BCUT2D eigenvalue weighted by molar-refractivity contribution is 6.29. The van der Waals surface area contributed by atoms with E-state index in [1.165, 1.54) is 0 Å². The molecule has 0 spiro atoms. The molecule has 0 unspecified atom stereocenters. The molecule has 1 rings (SSSR count). The molecular weight excluding hydrogens is 238 g/mol. The van der Waals surface area contributed by atoms with Gasteiger partial charge in [-0.2, -0.15) is 0 Å². The Kier molecular flexibility index (Phi) is 4.34. The topological polar surface area (TPSA) is 54.0 Å². The lowest BCUT2D eigenvalue weighted by molar-refractivity contribution is 0.0939. The first-order valence-corrected chi connectivity index (χ1v) is 5.83. The SMILES string of the molecule is CNc1cc(C(=O)NCC(C)(C)C)cc(Cl)n1. The smallest absolute Gasteiger partial charge is 0.251 e. The minimum atomic E-state index is -0.138. The van der Waals surface area contributed by atoms with Crippen LogP contribution in [-0.4, -0.2) is 24.5 Å². The number of carbonyl (C=O) groups is 1. The van der Waals surface area contributed by atoms with Crippen molar-refractivity contribution in [1.29, 1.82) is 0 Å². The van der Waals surface area contributed by atoms with Crippen molar-refractivity contribution in [1.82, 2.24) is 10.3 Å². The quantitative estimate of drug-likeness (QED) is 0.817. The number of hydrogen-bond donors (Lipinski definition) is 2. The van der Waals surface area contributed by atoms with Crippen LogP contribution in [0.15, 0.2) is 12.1 Å². The van der Waals surface area contributed by atoms with Crippen LogP contribution in [0.5, 0.6) is 0 Å². The third kappa shape index (κ3) is 4.61. The van der Waals surface area contributed by atoms with Crippen molar-refractivity contribution in [2.24, 2.45) is 5.41 Å². The Bertz CT molecular complexity index is 413. The maximum absolute atomic E-state index is 11.9. The molecule has 0 aliphatic heterocycles. The van der Waals surface area contributed by atoms with Gasteiger partial charge < -0.3 is 10.6 Å². The van der Waals surface area contributed by atoms with Crippen LogP contribution in [0.2, 0.25) is 5.15 Å². The fourth-order valence-electron chi connectivity index (χ4n) is 1.20. The molecule has 1 aromatic rings. The normalized spacial score (nSPS) is 11.1. The van der Waals surface area contributed by atoms with E-state index in [0.717, 1.165) is 0 Å². The van der Waals surface area contributed by atoms with E-state index >= 15 is 0 Å². The van der Waals surface area contributed by atoms with Crippen molar-refractivity contribution in [2.75, 3.05) is 18.9 Å². The van der Waals surface area contributed by atoms with Crippen LogP contribution < -0.4 is 10.6 Å². The van der Waals surface area contributed by atoms with Gasteiger partial charge in [0.25, 0.3) is 5.91 Å². The summed E-state index contributed by atoms with van der Waals surface area (Å²) in [7, 11) is 1.73. The van der Waals surface area contributed by atoms with Crippen LogP contribution in [0.3, 0.4) is 0 Å². The number of carbonyl (C=O) groups excluding carboxylic acids is 1. The Morgan fingerprint density at radius 3 is 2.59 bits per heavy atom. The molecule has 0 aliphatic rings. The molecule has 1 amide bonds. The lowest BCUT2D eigenvalue weighted by atomic mass is 9.97. The van der Waals surface area contributed by atoms with Crippen molar-refractivity contribution < 1.29 is 4.79 Å². The van der Waals surface area contributed by atoms with E-state index in [1.54, 1.807) is 19.2 Å². The van der Waals surface area contributed by atoms with Crippen LogP contribution in [-0.2, 0) is 0 Å². The van der Waals surface area contributed by atoms with Gasteiger partial charge in [0.2, 0.25) is 0 Å². The van der Waals surface area contributed by atoms with Crippen LogP contribution in [0.1, 0.15) is 31.1 Å². The fraction of sp³-hybridized carbons (Fsp3) is 0.500. The molecule has 0 saturated heterocycles. The average molecular weight is 256 g/mol. The lowest BCUT2D eigenvalue weighted by Gasteiger charge is -2.18. The van der Waals surface area contributed by atoms with Crippen molar-refractivity contribution in [3.8, 4) is 0 Å². The van der Waals surface area contributed by atoms with Crippen LogP contribution >= 0.6 is 11.6 Å². The van der Waals surface area contributed by atoms with Crippen molar-refractivity contribution in [2.45, 2.75) is 20.8 Å². The van der Waals surface area contributed by atoms with E-state index in [4.69, 9.17) is 11.6 Å². The molecule has 5 heteroatoms. The van der Waals surface area contributed by atoms with Gasteiger partial charge in [-0.15, -0.1) is 0 Å². The summed E-state index contributed by atoms with van der Waals surface area (Å²) < 4.78 is 0. The molecule has 94 valence electrons. The summed E-state index contributed by atoms with van der Waals surface area (Å²) in [5, 5.41) is 6.03. The number of nitrogens with zero attached hydrogens (tertiary/aromatic N) is 1. The molecule has 1 heterocycles. The molecule has 1 aromatic heterocycles. The Morgan fingerprint density at radius 1 is 1.41 bits per heavy atom. The maximum atomic E-state index is 11.9. The highest BCUT2D eigenvalue weighted by Gasteiger charge is 2.14. The van der Waals surface area contributed by atoms with E-state index in [-0.39, 0.29) is 11.3 Å². The largest absolute Gasteiger partial charge is 0.373 e. The van der Waals surface area contributed by atoms with Gasteiger partial charge in [-0.05, 0) is 17.5 Å². The first kappa shape index (κ1) is 13.8. The summed E-state index contributed by atoms with van der Waals surface area (Å²) in [5.41, 5.74) is 0.566. The predicted octanol–water partition coefficient (Wildman–Crippen LogP) is 2.55. The predicted molar refractivity (Wildman–Crippen MR) is 70.6 cm³/mol. The minimum Gasteiger partial charge on any atom is -0.373 e. The van der Waals surface area contributed by atoms with Crippen molar-refractivity contribution in [3.63, 3.8) is 0 Å². The number of amides is 1. The van der Waals surface area contributed by atoms with Crippen molar-refractivity contribution >= 4 is 23.3 Å². The molecule has 0 radical (unpaired) electrons. The summed E-state index contributed by atoms with van der Waals surface area (Å²) in [5.74, 6) is 0.444. The van der Waals surface area contributed by atoms with Gasteiger partial charge in [-0.1, -0.05) is 32.4 Å². The molecule has 0 aliphatic carbocycles. The number of nitrogens with one attached hydrogen (secondary N) is 2. The number of aromatic nitrogens is 1. The second-order valence-corrected chi connectivity index (χ2v) is 5.44. The zero-order valence-electron chi connectivity index (χ0n) is 10.6. The van der Waals surface area contributed by atoms with Gasteiger partial charge in [-0.25, -0.2) is 4.98 Å². The van der Waals surface area contributed by atoms with E-state index in [9.17, 15) is 4.79 Å². The molecule has 0 bridgehead atoms. The molecule has 0 aromatic carbocycles. The standard InChI is InChI=1S/C12H18ClN3O/c1-12(2,3)7-15-11(17)8-5-9(13)16-10(6-8)14-4/h5-6H,7H2,1-4H3,(H,14,16)(H,15,17). The summed E-state index contributed by atoms with van der Waals surface area (Å²) in [4.78, 5) is 15.9. The third-order valence-corrected chi connectivity index (χ3v) is 2.29. The van der Waals surface area contributed by atoms with Gasteiger partial charge >= 0.3 is 0 Å². The van der Waals surface area contributed by atoms with E-state index < -0.39 is 0 Å². The monoisotopic (exact) mass is 255 g/mol. The van der Waals surface area contributed by atoms with Gasteiger partial charge in [0, 0.05) is 19.2 Å². The first-order valence-electron chi connectivity index (χ1n) is 5.45. The molecule has 0 atom stereocenters. The molecule has 0 saturated carbocycles. The average Bonchev–Trinajstić information content (AvgIpc) is 2.23. The highest BCUT2D eigenvalue weighted by Crippen LogP contribution is 2.15. The Balaban J connectivity index is 2.78. The minimum absolute atomic E-state index is 0.0539. The van der Waals surface area contributed by atoms with E-state index in [1.807, 2.05) is 0 Å². The van der Waals surface area contributed by atoms with Crippen LogP contribution in [0.4, 0.5) is 5.82 Å². The number of hydrogen-bond acceptors (Lipinski definition) is 3. The lowest BCUT2D eigenvalue weighted by Crippen LogP contribution is -2.32. The number of rotatable bonds is 3. The Labute approximate surface area is 107 Å². The molecule has 4 nitrogen and oxygen atoms in total. The van der Waals surface area contributed by atoms with Gasteiger partial charge in [-0.3, -0.25) is 4.79 Å². The summed E-state index contributed by atoms with van der Waals surface area (Å²) in [6, 6.07) is 3.23.